The maximum absolute atomic E-state index is 6.96. The highest BCUT2D eigenvalue weighted by molar-refractivity contribution is 5.53. The van der Waals surface area contributed by atoms with Crippen LogP contribution in [0.2, 0.25) is 0 Å². The van der Waals surface area contributed by atoms with E-state index in [2.05, 4.69) is 57.2 Å². The highest BCUT2D eigenvalue weighted by atomic mass is 14.8. The van der Waals surface area contributed by atoms with Gasteiger partial charge in [0.2, 0.25) is 0 Å². The van der Waals surface area contributed by atoms with Gasteiger partial charge < -0.3 is 11.5 Å². The van der Waals surface area contributed by atoms with Crippen molar-refractivity contribution in [3.8, 4) is 0 Å². The molecule has 4 N–H and O–H groups in total. The van der Waals surface area contributed by atoms with Crippen LogP contribution >= 0.6 is 0 Å². The van der Waals surface area contributed by atoms with Gasteiger partial charge in [-0.2, -0.15) is 0 Å². The molecule has 0 fully saturated rings. The smallest absolute Gasteiger partial charge is 0.0569 e. The highest BCUT2D eigenvalue weighted by Gasteiger charge is 2.54. The van der Waals surface area contributed by atoms with Gasteiger partial charge in [-0.05, 0) is 28.8 Å². The Kier molecular flexibility index (Phi) is 2.70. The monoisotopic (exact) mass is 266 g/mol. The van der Waals surface area contributed by atoms with E-state index >= 15 is 0 Å². The maximum atomic E-state index is 6.96. The lowest BCUT2D eigenvalue weighted by atomic mass is 9.66. The molecule has 2 aromatic rings. The van der Waals surface area contributed by atoms with Crippen LogP contribution in [0.25, 0.3) is 0 Å². The van der Waals surface area contributed by atoms with Crippen molar-refractivity contribution in [1.82, 2.24) is 0 Å². The van der Waals surface area contributed by atoms with E-state index in [9.17, 15) is 0 Å². The van der Waals surface area contributed by atoms with Crippen LogP contribution in [0.5, 0.6) is 0 Å². The Bertz CT molecular complexity index is 643. The van der Waals surface area contributed by atoms with Gasteiger partial charge in [0.15, 0.2) is 0 Å². The average Bonchev–Trinajstić information content (AvgIpc) is 2.60. The van der Waals surface area contributed by atoms with Gasteiger partial charge in [-0.15, -0.1) is 0 Å². The maximum Gasteiger partial charge on any atom is 0.0569 e. The van der Waals surface area contributed by atoms with Crippen LogP contribution in [0.3, 0.4) is 0 Å². The van der Waals surface area contributed by atoms with Crippen LogP contribution in [0.1, 0.15) is 43.4 Å². The van der Waals surface area contributed by atoms with E-state index in [1.54, 1.807) is 0 Å². The molecule has 0 heterocycles. The fourth-order valence-electron chi connectivity index (χ4n) is 3.82. The minimum Gasteiger partial charge on any atom is -0.399 e. The van der Waals surface area contributed by atoms with Crippen LogP contribution in [0, 0.1) is 0 Å². The molecule has 0 spiro atoms. The van der Waals surface area contributed by atoms with Crippen molar-refractivity contribution in [3.63, 3.8) is 0 Å². The molecule has 20 heavy (non-hydrogen) atoms. The summed E-state index contributed by atoms with van der Waals surface area (Å²) in [6.07, 6.45) is 0. The molecule has 1 aliphatic carbocycles. The molecule has 0 aromatic heterocycles. The van der Waals surface area contributed by atoms with Crippen LogP contribution in [0.4, 0.5) is 5.69 Å². The molecule has 3 rings (SSSR count). The molecule has 2 atom stereocenters. The van der Waals surface area contributed by atoms with Crippen LogP contribution in [0.15, 0.2) is 48.5 Å². The summed E-state index contributed by atoms with van der Waals surface area (Å²) in [5, 5.41) is 0. The minimum atomic E-state index is -0.412. The summed E-state index contributed by atoms with van der Waals surface area (Å²) in [5.41, 5.74) is 16.9. The van der Waals surface area contributed by atoms with E-state index in [4.69, 9.17) is 11.5 Å². The SMILES string of the molecule is CC1c2ccccc2C(C)(C)C1(N)c1ccc(N)cc1. The van der Waals surface area contributed by atoms with E-state index in [0.717, 1.165) is 11.3 Å². The molecular formula is C18H22N2. The van der Waals surface area contributed by atoms with E-state index in [0.29, 0.717) is 0 Å². The van der Waals surface area contributed by atoms with E-state index in [-0.39, 0.29) is 11.3 Å². The number of rotatable bonds is 1. The van der Waals surface area contributed by atoms with E-state index < -0.39 is 5.54 Å². The first-order chi connectivity index (χ1) is 9.39. The van der Waals surface area contributed by atoms with Gasteiger partial charge >= 0.3 is 0 Å². The van der Waals surface area contributed by atoms with Crippen molar-refractivity contribution in [1.29, 1.82) is 0 Å². The zero-order valence-corrected chi connectivity index (χ0v) is 12.4. The zero-order valence-electron chi connectivity index (χ0n) is 12.4. The second-order valence-corrected chi connectivity index (χ2v) is 6.42. The summed E-state index contributed by atoms with van der Waals surface area (Å²) in [7, 11) is 0. The molecule has 104 valence electrons. The lowest BCUT2D eigenvalue weighted by Crippen LogP contribution is -2.51. The van der Waals surface area contributed by atoms with E-state index in [1.807, 2.05) is 12.1 Å². The minimum absolute atomic E-state index is 0.112. The highest BCUT2D eigenvalue weighted by Crippen LogP contribution is 2.56. The first-order valence-electron chi connectivity index (χ1n) is 7.13. The predicted octanol–water partition coefficient (Wildman–Crippen LogP) is 3.52. The van der Waals surface area contributed by atoms with Gasteiger partial charge in [0.05, 0.1) is 5.54 Å². The Balaban J connectivity index is 2.22. The molecule has 0 aliphatic heterocycles. The van der Waals surface area contributed by atoms with Crippen LogP contribution < -0.4 is 11.5 Å². The van der Waals surface area contributed by atoms with Gasteiger partial charge in [0.25, 0.3) is 0 Å². The first kappa shape index (κ1) is 13.2. The summed E-state index contributed by atoms with van der Waals surface area (Å²) < 4.78 is 0. The Morgan fingerprint density at radius 2 is 1.55 bits per heavy atom. The number of nitrogens with two attached hydrogens (primary N) is 2. The van der Waals surface area contributed by atoms with Crippen molar-refractivity contribution in [2.24, 2.45) is 5.73 Å². The second kappa shape index (κ2) is 4.10. The normalized spacial score (nSPS) is 27.3. The first-order valence-corrected chi connectivity index (χ1v) is 7.13. The summed E-state index contributed by atoms with van der Waals surface area (Å²) in [6.45, 7) is 6.71. The van der Waals surface area contributed by atoms with Crippen molar-refractivity contribution < 1.29 is 0 Å². The average molecular weight is 266 g/mol. The zero-order chi connectivity index (χ0) is 14.5. The molecule has 2 heteroatoms. The van der Waals surface area contributed by atoms with Crippen molar-refractivity contribution >= 4 is 5.69 Å². The Morgan fingerprint density at radius 1 is 0.950 bits per heavy atom. The van der Waals surface area contributed by atoms with Crippen molar-refractivity contribution in [3.05, 3.63) is 65.2 Å². The molecule has 2 aromatic carbocycles. The van der Waals surface area contributed by atoms with Gasteiger partial charge in [0, 0.05) is 17.0 Å². The summed E-state index contributed by atoms with van der Waals surface area (Å²) in [6, 6.07) is 16.6. The lowest BCUT2D eigenvalue weighted by Gasteiger charge is -2.42. The standard InChI is InChI=1S/C18H22N2/c1-12-15-6-4-5-7-16(15)17(2,3)18(12,20)13-8-10-14(19)11-9-13/h4-12H,19-20H2,1-3H3. The molecule has 0 saturated carbocycles. The lowest BCUT2D eigenvalue weighted by molar-refractivity contribution is 0.252. The van der Waals surface area contributed by atoms with Crippen LogP contribution in [-0.2, 0) is 11.0 Å². The Labute approximate surface area is 120 Å². The van der Waals surface area contributed by atoms with Crippen molar-refractivity contribution in [2.45, 2.75) is 37.6 Å². The van der Waals surface area contributed by atoms with Crippen LogP contribution in [-0.4, -0.2) is 0 Å². The molecule has 0 amide bonds. The summed E-state index contributed by atoms with van der Waals surface area (Å²) in [5.74, 6) is 0.275. The molecular weight excluding hydrogens is 244 g/mol. The van der Waals surface area contributed by atoms with Gasteiger partial charge in [0.1, 0.15) is 0 Å². The number of benzene rings is 2. The molecule has 0 saturated heterocycles. The third-order valence-electron chi connectivity index (χ3n) is 5.21. The topological polar surface area (TPSA) is 52.0 Å². The molecule has 0 bridgehead atoms. The summed E-state index contributed by atoms with van der Waals surface area (Å²) in [4.78, 5) is 0. The Hall–Kier alpha value is -1.80. The third kappa shape index (κ3) is 1.49. The van der Waals surface area contributed by atoms with Crippen molar-refractivity contribution in [2.75, 3.05) is 5.73 Å². The predicted molar refractivity (Wildman–Crippen MR) is 84.6 cm³/mol. The number of anilines is 1. The molecule has 2 nitrogen and oxygen atoms in total. The largest absolute Gasteiger partial charge is 0.399 e. The van der Waals surface area contributed by atoms with Gasteiger partial charge in [-0.3, -0.25) is 0 Å². The fraction of sp³-hybridized carbons (Fsp3) is 0.333. The van der Waals surface area contributed by atoms with E-state index in [1.165, 1.54) is 11.1 Å². The second-order valence-electron chi connectivity index (χ2n) is 6.42. The Morgan fingerprint density at radius 3 is 2.15 bits per heavy atom. The number of nitrogen functional groups attached to an aromatic ring is 1. The molecule has 0 radical (unpaired) electrons. The van der Waals surface area contributed by atoms with Gasteiger partial charge in [-0.25, -0.2) is 0 Å². The number of fused-ring (bicyclic) bond motifs is 1. The fourth-order valence-corrected chi connectivity index (χ4v) is 3.82. The number of hydrogen-bond acceptors (Lipinski definition) is 2. The summed E-state index contributed by atoms with van der Waals surface area (Å²) >= 11 is 0. The third-order valence-corrected chi connectivity index (χ3v) is 5.21. The van der Waals surface area contributed by atoms with Gasteiger partial charge in [-0.1, -0.05) is 57.2 Å². The molecule has 2 unspecified atom stereocenters. The quantitative estimate of drug-likeness (QED) is 0.776. The molecule has 1 aliphatic rings. The number of hydrogen-bond donors (Lipinski definition) is 2.